The lowest BCUT2D eigenvalue weighted by Gasteiger charge is -2.11. The highest BCUT2D eigenvalue weighted by Gasteiger charge is 2.16. The number of benzene rings is 1. The summed E-state index contributed by atoms with van der Waals surface area (Å²) < 4.78 is 6.08. The van der Waals surface area contributed by atoms with Crippen molar-refractivity contribution in [2.45, 2.75) is 6.92 Å². The molecule has 0 saturated heterocycles. The van der Waals surface area contributed by atoms with Crippen LogP contribution in [0.2, 0.25) is 0 Å². The average molecular weight is 356 g/mol. The highest BCUT2D eigenvalue weighted by atomic mass is 127. The molecular weight excluding hydrogens is 343 g/mol. The van der Waals surface area contributed by atoms with Gasteiger partial charge in [0.2, 0.25) is 0 Å². The maximum absolute atomic E-state index is 11.8. The molecule has 0 aliphatic heterocycles. The second-order valence-electron chi connectivity index (χ2n) is 3.65. The minimum absolute atomic E-state index is 0.352. The number of nitrogens with zero attached hydrogens (tertiary/aromatic N) is 1. The predicted octanol–water partition coefficient (Wildman–Crippen LogP) is 3.06. The summed E-state index contributed by atoms with van der Waals surface area (Å²) in [6, 6.07) is 5.87. The van der Waals surface area contributed by atoms with Crippen LogP contribution in [0.5, 0.6) is 0 Å². The first-order chi connectivity index (χ1) is 8.69. The van der Waals surface area contributed by atoms with Crippen molar-refractivity contribution in [1.82, 2.24) is 4.98 Å². The van der Waals surface area contributed by atoms with E-state index in [2.05, 4.69) is 32.9 Å². The number of hydrogen-bond acceptors (Lipinski definition) is 4. The van der Waals surface area contributed by atoms with Gasteiger partial charge in [-0.05, 0) is 35.6 Å². The van der Waals surface area contributed by atoms with Crippen LogP contribution in [0.3, 0.4) is 0 Å². The molecule has 1 aromatic heterocycles. The van der Waals surface area contributed by atoms with Gasteiger partial charge in [0.05, 0.1) is 17.8 Å². The van der Waals surface area contributed by atoms with E-state index in [0.29, 0.717) is 12.2 Å². The van der Waals surface area contributed by atoms with Gasteiger partial charge in [0.1, 0.15) is 5.56 Å². The molecule has 0 unspecified atom stereocenters. The second kappa shape index (κ2) is 5.51. The van der Waals surface area contributed by atoms with E-state index in [9.17, 15) is 4.79 Å². The zero-order valence-electron chi connectivity index (χ0n) is 10.2. The Morgan fingerprint density at radius 2 is 2.28 bits per heavy atom. The lowest BCUT2D eigenvalue weighted by Crippen LogP contribution is -2.09. The highest BCUT2D eigenvalue weighted by molar-refractivity contribution is 14.1. The maximum Gasteiger partial charge on any atom is 0.341 e. The van der Waals surface area contributed by atoms with Crippen molar-refractivity contribution >= 4 is 45.2 Å². The fourth-order valence-corrected chi connectivity index (χ4v) is 2.46. The van der Waals surface area contributed by atoms with Gasteiger partial charge in [-0.3, -0.25) is 4.98 Å². The topological polar surface area (TPSA) is 51.2 Å². The van der Waals surface area contributed by atoms with Crippen LogP contribution in [-0.4, -0.2) is 24.6 Å². The van der Waals surface area contributed by atoms with Crippen molar-refractivity contribution in [3.8, 4) is 0 Å². The Morgan fingerprint density at radius 3 is 2.94 bits per heavy atom. The zero-order valence-corrected chi connectivity index (χ0v) is 12.3. The maximum atomic E-state index is 11.8. The summed E-state index contributed by atoms with van der Waals surface area (Å²) in [6.45, 7) is 2.14. The van der Waals surface area contributed by atoms with Gasteiger partial charge in [0.15, 0.2) is 0 Å². The normalized spacial score (nSPS) is 10.4. The Morgan fingerprint density at radius 1 is 1.50 bits per heavy atom. The van der Waals surface area contributed by atoms with E-state index in [4.69, 9.17) is 4.74 Å². The number of nitrogens with one attached hydrogen (secondary N) is 1. The lowest BCUT2D eigenvalue weighted by atomic mass is 10.1. The average Bonchev–Trinajstić information content (AvgIpc) is 2.38. The quantitative estimate of drug-likeness (QED) is 0.679. The number of ether oxygens (including phenoxy) is 1. The van der Waals surface area contributed by atoms with Gasteiger partial charge in [-0.15, -0.1) is 0 Å². The predicted molar refractivity (Wildman–Crippen MR) is 80.0 cm³/mol. The number of pyridine rings is 1. The number of para-hydroxylation sites is 1. The van der Waals surface area contributed by atoms with Crippen LogP contribution >= 0.6 is 22.6 Å². The molecule has 2 aromatic rings. The van der Waals surface area contributed by atoms with E-state index in [1.807, 2.05) is 18.2 Å². The van der Waals surface area contributed by atoms with Crippen LogP contribution in [0.15, 0.2) is 24.4 Å². The summed E-state index contributed by atoms with van der Waals surface area (Å²) in [6.07, 6.45) is 1.56. The fraction of sp³-hybridized carbons (Fsp3) is 0.231. The van der Waals surface area contributed by atoms with E-state index in [0.717, 1.165) is 20.2 Å². The monoisotopic (exact) mass is 356 g/mol. The van der Waals surface area contributed by atoms with Gasteiger partial charge in [0, 0.05) is 22.2 Å². The summed E-state index contributed by atoms with van der Waals surface area (Å²) in [5.41, 5.74) is 2.11. The number of carbonyl (C=O) groups is 1. The van der Waals surface area contributed by atoms with Gasteiger partial charge in [-0.25, -0.2) is 4.79 Å². The molecule has 1 aromatic carbocycles. The Labute approximate surface area is 119 Å². The summed E-state index contributed by atoms with van der Waals surface area (Å²) >= 11 is 2.23. The van der Waals surface area contributed by atoms with E-state index in [1.165, 1.54) is 0 Å². The minimum atomic E-state index is -0.352. The summed E-state index contributed by atoms with van der Waals surface area (Å²) in [5.74, 6) is -0.352. The van der Waals surface area contributed by atoms with Gasteiger partial charge in [0.25, 0.3) is 0 Å². The molecule has 0 aliphatic rings. The first kappa shape index (κ1) is 13.1. The van der Waals surface area contributed by atoms with Gasteiger partial charge in [-0.1, -0.05) is 12.1 Å². The summed E-state index contributed by atoms with van der Waals surface area (Å²) in [7, 11) is 1.79. The van der Waals surface area contributed by atoms with Crippen molar-refractivity contribution in [2.24, 2.45) is 0 Å². The first-order valence-corrected chi connectivity index (χ1v) is 6.69. The molecule has 0 fully saturated rings. The number of hydrogen-bond donors (Lipinski definition) is 1. The number of fused-ring (bicyclic) bond motifs is 1. The SMILES string of the molecule is CCOC(=O)c1cnc2c(I)cccc2c1NC. The molecule has 0 amide bonds. The molecule has 4 nitrogen and oxygen atoms in total. The molecule has 1 N–H and O–H groups in total. The number of rotatable bonds is 3. The zero-order chi connectivity index (χ0) is 13.1. The minimum Gasteiger partial charge on any atom is -0.462 e. The first-order valence-electron chi connectivity index (χ1n) is 5.61. The molecule has 0 atom stereocenters. The number of aromatic nitrogens is 1. The molecule has 94 valence electrons. The van der Waals surface area contributed by atoms with E-state index >= 15 is 0 Å². The molecule has 1 heterocycles. The molecule has 18 heavy (non-hydrogen) atoms. The smallest absolute Gasteiger partial charge is 0.341 e. The van der Waals surface area contributed by atoms with E-state index in [1.54, 1.807) is 20.2 Å². The van der Waals surface area contributed by atoms with Crippen LogP contribution in [0, 0.1) is 3.57 Å². The van der Waals surface area contributed by atoms with Crippen LogP contribution in [0.4, 0.5) is 5.69 Å². The molecule has 0 radical (unpaired) electrons. The second-order valence-corrected chi connectivity index (χ2v) is 4.82. The van der Waals surface area contributed by atoms with Crippen molar-refractivity contribution in [3.63, 3.8) is 0 Å². The number of carbonyl (C=O) groups excluding carboxylic acids is 1. The Kier molecular flexibility index (Phi) is 4.00. The third-order valence-electron chi connectivity index (χ3n) is 2.59. The Balaban J connectivity index is 2.67. The Bertz CT molecular complexity index is 599. The molecule has 0 aliphatic carbocycles. The Hall–Kier alpha value is -1.37. The number of esters is 1. The van der Waals surface area contributed by atoms with Crippen LogP contribution in [-0.2, 0) is 4.74 Å². The largest absolute Gasteiger partial charge is 0.462 e. The van der Waals surface area contributed by atoms with Crippen LogP contribution in [0.25, 0.3) is 10.9 Å². The van der Waals surface area contributed by atoms with Crippen LogP contribution < -0.4 is 5.32 Å². The molecular formula is C13H13IN2O2. The van der Waals surface area contributed by atoms with Gasteiger partial charge in [-0.2, -0.15) is 0 Å². The summed E-state index contributed by atoms with van der Waals surface area (Å²) in [5, 5.41) is 3.99. The van der Waals surface area contributed by atoms with Crippen molar-refractivity contribution in [2.75, 3.05) is 19.0 Å². The number of halogens is 1. The fourth-order valence-electron chi connectivity index (χ4n) is 1.82. The van der Waals surface area contributed by atoms with Gasteiger partial charge >= 0.3 is 5.97 Å². The summed E-state index contributed by atoms with van der Waals surface area (Å²) in [4.78, 5) is 16.2. The van der Waals surface area contributed by atoms with Crippen molar-refractivity contribution in [3.05, 3.63) is 33.5 Å². The molecule has 0 bridgehead atoms. The molecule has 0 spiro atoms. The third-order valence-corrected chi connectivity index (χ3v) is 3.46. The van der Waals surface area contributed by atoms with Gasteiger partial charge < -0.3 is 10.1 Å². The van der Waals surface area contributed by atoms with E-state index in [-0.39, 0.29) is 5.97 Å². The third kappa shape index (κ3) is 2.27. The van der Waals surface area contributed by atoms with Crippen LogP contribution in [0.1, 0.15) is 17.3 Å². The van der Waals surface area contributed by atoms with Crippen molar-refractivity contribution < 1.29 is 9.53 Å². The van der Waals surface area contributed by atoms with E-state index < -0.39 is 0 Å². The molecule has 5 heteroatoms. The van der Waals surface area contributed by atoms with Crippen molar-refractivity contribution in [1.29, 1.82) is 0 Å². The standard InChI is InChI=1S/C13H13IN2O2/c1-3-18-13(17)9-7-16-12-8(11(9)15-2)5-4-6-10(12)14/h4-7H,3H2,1-2H3,(H,15,16). The molecule has 2 rings (SSSR count). The highest BCUT2D eigenvalue weighted by Crippen LogP contribution is 2.28. The number of anilines is 1. The lowest BCUT2D eigenvalue weighted by molar-refractivity contribution is 0.0527. The molecule has 0 saturated carbocycles.